The van der Waals surface area contributed by atoms with Crippen LogP contribution in [0.2, 0.25) is 0 Å². The van der Waals surface area contributed by atoms with Crippen molar-refractivity contribution in [3.8, 4) is 5.69 Å². The van der Waals surface area contributed by atoms with E-state index in [1.165, 1.54) is 27.2 Å². The van der Waals surface area contributed by atoms with Crippen LogP contribution in [0.1, 0.15) is 24.6 Å². The summed E-state index contributed by atoms with van der Waals surface area (Å²) < 4.78 is 30.1. The fourth-order valence-corrected chi connectivity index (χ4v) is 5.34. The summed E-state index contributed by atoms with van der Waals surface area (Å²) >= 11 is 0. The van der Waals surface area contributed by atoms with Gasteiger partial charge in [-0.3, -0.25) is 10.1 Å². The average molecular weight is 443 g/mol. The highest BCUT2D eigenvalue weighted by Crippen LogP contribution is 2.31. The minimum atomic E-state index is -3.85. The van der Waals surface area contributed by atoms with E-state index in [0.717, 1.165) is 6.07 Å². The first-order valence-corrected chi connectivity index (χ1v) is 11.2. The third-order valence-corrected chi connectivity index (χ3v) is 7.34. The smallest absolute Gasteiger partial charge is 0.258 e. The number of benzene rings is 2. The van der Waals surface area contributed by atoms with Crippen molar-refractivity contribution in [3.05, 3.63) is 81.0 Å². The molecule has 0 N–H and O–H groups in total. The van der Waals surface area contributed by atoms with Crippen LogP contribution in [0, 0.1) is 10.1 Å². The van der Waals surface area contributed by atoms with Gasteiger partial charge in [-0.25, -0.2) is 22.5 Å². The number of aromatic nitrogens is 3. The molecule has 10 nitrogen and oxygen atoms in total. The van der Waals surface area contributed by atoms with Crippen molar-refractivity contribution in [1.82, 2.24) is 18.7 Å². The third-order valence-electron chi connectivity index (χ3n) is 5.45. The quantitative estimate of drug-likeness (QED) is 0.440. The molecule has 0 bridgehead atoms. The fraction of sp³-hybridized carbons (Fsp3) is 0.300. The molecular weight excluding hydrogens is 422 g/mol. The first-order valence-electron chi connectivity index (χ1n) is 9.75. The van der Waals surface area contributed by atoms with Crippen LogP contribution in [0.3, 0.4) is 0 Å². The molecule has 0 saturated carbocycles. The summed E-state index contributed by atoms with van der Waals surface area (Å²) in [6.45, 7) is 0.463. The number of hydrogen-bond acceptors (Lipinski definition) is 6. The standard InChI is InChI=1S/C20H21N5O5S/c1-22-20(26)24(16-6-3-2-4-7-16)19(21-22)15-10-12-23(13-11-15)31(29,30)18-9-5-8-17(14-18)25(27)28/h2-9,14-15H,10-13H2,1H3. The molecule has 1 aromatic heterocycles. The second kappa shape index (κ2) is 8.08. The molecule has 1 saturated heterocycles. The van der Waals surface area contributed by atoms with E-state index < -0.39 is 14.9 Å². The Morgan fingerprint density at radius 2 is 1.74 bits per heavy atom. The van der Waals surface area contributed by atoms with Crippen molar-refractivity contribution in [3.63, 3.8) is 0 Å². The summed E-state index contributed by atoms with van der Waals surface area (Å²) in [5.74, 6) is 0.511. The third kappa shape index (κ3) is 3.89. The summed E-state index contributed by atoms with van der Waals surface area (Å²) in [6.07, 6.45) is 0.967. The number of para-hydroxylation sites is 1. The maximum absolute atomic E-state index is 13.0. The number of rotatable bonds is 5. The van der Waals surface area contributed by atoms with Gasteiger partial charge in [0.05, 0.1) is 15.5 Å². The zero-order valence-corrected chi connectivity index (χ0v) is 17.6. The summed E-state index contributed by atoms with van der Waals surface area (Å²) in [5.41, 5.74) is 0.186. The zero-order chi connectivity index (χ0) is 22.2. The lowest BCUT2D eigenvalue weighted by molar-refractivity contribution is -0.385. The minimum absolute atomic E-state index is 0.0920. The largest absolute Gasteiger partial charge is 0.350 e. The molecule has 1 aliphatic rings. The Labute approximate surface area is 178 Å². The lowest BCUT2D eigenvalue weighted by atomic mass is 9.97. The molecule has 2 heterocycles. The molecule has 0 spiro atoms. The predicted molar refractivity (Wildman–Crippen MR) is 113 cm³/mol. The van der Waals surface area contributed by atoms with Crippen molar-refractivity contribution >= 4 is 15.7 Å². The molecule has 1 fully saturated rings. The Hall–Kier alpha value is -3.31. The van der Waals surface area contributed by atoms with E-state index in [1.54, 1.807) is 11.6 Å². The number of nitro benzene ring substituents is 1. The highest BCUT2D eigenvalue weighted by atomic mass is 32.2. The molecule has 2 aromatic carbocycles. The molecule has 31 heavy (non-hydrogen) atoms. The van der Waals surface area contributed by atoms with Crippen LogP contribution in [-0.2, 0) is 17.1 Å². The van der Waals surface area contributed by atoms with E-state index in [-0.39, 0.29) is 35.3 Å². The molecule has 4 rings (SSSR count). The van der Waals surface area contributed by atoms with Crippen LogP contribution in [0.25, 0.3) is 5.69 Å². The molecule has 0 unspecified atom stereocenters. The lowest BCUT2D eigenvalue weighted by Gasteiger charge is -2.30. The number of nitro groups is 1. The Bertz CT molecular complexity index is 1270. The lowest BCUT2D eigenvalue weighted by Crippen LogP contribution is -2.38. The van der Waals surface area contributed by atoms with Gasteiger partial charge in [0.25, 0.3) is 5.69 Å². The summed E-state index contributed by atoms with van der Waals surface area (Å²) in [6, 6.07) is 14.3. The van der Waals surface area contributed by atoms with E-state index in [4.69, 9.17) is 0 Å². The Morgan fingerprint density at radius 1 is 1.06 bits per heavy atom. The van der Waals surface area contributed by atoms with Crippen molar-refractivity contribution in [2.24, 2.45) is 7.05 Å². The maximum atomic E-state index is 13.0. The first-order chi connectivity index (χ1) is 14.8. The second-order valence-corrected chi connectivity index (χ2v) is 9.31. The van der Waals surface area contributed by atoms with E-state index in [2.05, 4.69) is 5.10 Å². The van der Waals surface area contributed by atoms with E-state index in [1.807, 2.05) is 30.3 Å². The molecule has 162 valence electrons. The highest BCUT2D eigenvalue weighted by Gasteiger charge is 2.33. The van der Waals surface area contributed by atoms with Crippen LogP contribution < -0.4 is 5.69 Å². The molecular formula is C20H21N5O5S. The van der Waals surface area contributed by atoms with Gasteiger partial charge in [0.15, 0.2) is 0 Å². The minimum Gasteiger partial charge on any atom is -0.258 e. The Kier molecular flexibility index (Phi) is 5.46. The van der Waals surface area contributed by atoms with Gasteiger partial charge >= 0.3 is 5.69 Å². The number of piperidine rings is 1. The molecule has 0 atom stereocenters. The molecule has 11 heteroatoms. The first kappa shape index (κ1) is 20.9. The van der Waals surface area contributed by atoms with Gasteiger partial charge in [-0.1, -0.05) is 24.3 Å². The molecule has 0 radical (unpaired) electrons. The molecule has 0 aliphatic carbocycles. The van der Waals surface area contributed by atoms with Gasteiger partial charge in [-0.15, -0.1) is 0 Å². The monoisotopic (exact) mass is 443 g/mol. The second-order valence-electron chi connectivity index (χ2n) is 7.37. The van der Waals surface area contributed by atoms with Crippen molar-refractivity contribution in [2.75, 3.05) is 13.1 Å². The van der Waals surface area contributed by atoms with Gasteiger partial charge in [-0.2, -0.15) is 9.40 Å². The number of sulfonamides is 1. The normalized spacial score (nSPS) is 15.8. The SMILES string of the molecule is Cn1nc(C2CCN(S(=O)(=O)c3cccc([N+](=O)[O-])c3)CC2)n(-c2ccccc2)c1=O. The number of non-ortho nitro benzene ring substituents is 1. The average Bonchev–Trinajstić information content (AvgIpc) is 3.09. The van der Waals surface area contributed by atoms with Crippen LogP contribution in [-0.4, -0.2) is 45.1 Å². The number of aryl methyl sites for hydroxylation is 1. The number of nitrogens with zero attached hydrogens (tertiary/aromatic N) is 5. The predicted octanol–water partition coefficient (Wildman–Crippen LogP) is 2.05. The van der Waals surface area contributed by atoms with E-state index in [9.17, 15) is 23.3 Å². The zero-order valence-electron chi connectivity index (χ0n) is 16.8. The van der Waals surface area contributed by atoms with Crippen molar-refractivity contribution in [2.45, 2.75) is 23.7 Å². The van der Waals surface area contributed by atoms with Crippen molar-refractivity contribution in [1.29, 1.82) is 0 Å². The van der Waals surface area contributed by atoms with Crippen LogP contribution in [0.5, 0.6) is 0 Å². The van der Waals surface area contributed by atoms with Crippen LogP contribution in [0.4, 0.5) is 5.69 Å². The van der Waals surface area contributed by atoms with Gasteiger partial charge in [-0.05, 0) is 31.0 Å². The Balaban J connectivity index is 1.58. The van der Waals surface area contributed by atoms with Crippen molar-refractivity contribution < 1.29 is 13.3 Å². The van der Waals surface area contributed by atoms with Gasteiger partial charge in [0.1, 0.15) is 5.82 Å². The topological polar surface area (TPSA) is 120 Å². The maximum Gasteiger partial charge on any atom is 0.350 e. The van der Waals surface area contributed by atoms with Gasteiger partial charge < -0.3 is 0 Å². The fourth-order valence-electron chi connectivity index (χ4n) is 3.83. The van der Waals surface area contributed by atoms with E-state index in [0.29, 0.717) is 24.4 Å². The highest BCUT2D eigenvalue weighted by molar-refractivity contribution is 7.89. The molecule has 1 aliphatic heterocycles. The van der Waals surface area contributed by atoms with Crippen LogP contribution >= 0.6 is 0 Å². The molecule has 3 aromatic rings. The van der Waals surface area contributed by atoms with E-state index >= 15 is 0 Å². The van der Waals surface area contributed by atoms with Crippen LogP contribution in [0.15, 0.2) is 64.3 Å². The molecule has 0 amide bonds. The van der Waals surface area contributed by atoms with Gasteiger partial charge in [0.2, 0.25) is 10.0 Å². The Morgan fingerprint density at radius 3 is 2.39 bits per heavy atom. The summed E-state index contributed by atoms with van der Waals surface area (Å²) in [4.78, 5) is 22.9. The number of hydrogen-bond donors (Lipinski definition) is 0. The summed E-state index contributed by atoms with van der Waals surface area (Å²) in [7, 11) is -2.26. The van der Waals surface area contributed by atoms with Gasteiger partial charge in [0, 0.05) is 38.2 Å². The summed E-state index contributed by atoms with van der Waals surface area (Å²) in [5, 5.41) is 15.4.